The first-order chi connectivity index (χ1) is 20.9. The van der Waals surface area contributed by atoms with E-state index >= 15 is 0 Å². The number of hydrogen-bond acceptors (Lipinski definition) is 6. The zero-order valence-electron chi connectivity index (χ0n) is 23.7. The van der Waals surface area contributed by atoms with E-state index in [9.17, 15) is 19.2 Å². The highest BCUT2D eigenvalue weighted by molar-refractivity contribution is 9.10. The smallest absolute Gasteiger partial charge is 0.339 e. The van der Waals surface area contributed by atoms with E-state index in [-0.39, 0.29) is 23.6 Å². The minimum Gasteiger partial charge on any atom is -0.606 e. The Hall–Kier alpha value is -3.99. The molecule has 1 amide bonds. The van der Waals surface area contributed by atoms with Crippen molar-refractivity contribution >= 4 is 56.0 Å². The third kappa shape index (κ3) is 6.98. The monoisotopic (exact) mass is 661 g/mol. The Balaban J connectivity index is 1.56. The number of benzene rings is 4. The second kappa shape index (κ2) is 14.0. The van der Waals surface area contributed by atoms with Crippen molar-refractivity contribution in [3.05, 3.63) is 107 Å². The van der Waals surface area contributed by atoms with Gasteiger partial charge in [-0.05, 0) is 73.4 Å². The first-order valence-electron chi connectivity index (χ1n) is 14.0. The van der Waals surface area contributed by atoms with Gasteiger partial charge in [-0.1, -0.05) is 58.4 Å². The number of carboxylic acids is 1. The lowest BCUT2D eigenvalue weighted by atomic mass is 10.1. The molecule has 1 saturated heterocycles. The topological polar surface area (TPSA) is 105 Å². The molecule has 4 aromatic rings. The molecule has 8 nitrogen and oxygen atoms in total. The number of piperidine rings is 1. The van der Waals surface area contributed by atoms with Crippen LogP contribution >= 0.6 is 15.9 Å². The van der Waals surface area contributed by atoms with Gasteiger partial charge in [0.25, 0.3) is 0 Å². The van der Waals surface area contributed by atoms with Gasteiger partial charge in [0.15, 0.2) is 9.79 Å². The first-order valence-corrected chi connectivity index (χ1v) is 15.9. The van der Waals surface area contributed by atoms with Crippen LogP contribution in [0.2, 0.25) is 0 Å². The van der Waals surface area contributed by atoms with Crippen molar-refractivity contribution in [1.29, 1.82) is 0 Å². The van der Waals surface area contributed by atoms with Crippen LogP contribution in [0.25, 0.3) is 0 Å². The predicted molar refractivity (Wildman–Crippen MR) is 172 cm³/mol. The van der Waals surface area contributed by atoms with E-state index in [2.05, 4.69) is 26.3 Å². The van der Waals surface area contributed by atoms with Gasteiger partial charge in [0.05, 0.1) is 24.9 Å². The number of carbonyl (C=O) groups is 2. The van der Waals surface area contributed by atoms with Crippen molar-refractivity contribution in [3.8, 4) is 5.75 Å². The fourth-order valence-corrected chi connectivity index (χ4v) is 6.87. The van der Waals surface area contributed by atoms with Crippen LogP contribution in [0.5, 0.6) is 5.75 Å². The second-order valence-electron chi connectivity index (χ2n) is 10.1. The maximum atomic E-state index is 13.9. The Labute approximate surface area is 262 Å². The molecule has 1 aliphatic rings. The molecule has 222 valence electrons. The van der Waals surface area contributed by atoms with Crippen molar-refractivity contribution in [1.82, 2.24) is 5.43 Å². The number of hydrazine groups is 1. The van der Waals surface area contributed by atoms with Crippen LogP contribution < -0.4 is 20.1 Å². The fraction of sp³-hybridized carbons (Fsp3) is 0.212. The molecular formula is C33H32BrN3O5S. The van der Waals surface area contributed by atoms with Gasteiger partial charge in [0.1, 0.15) is 17.0 Å². The van der Waals surface area contributed by atoms with Crippen LogP contribution in [0.3, 0.4) is 0 Å². The number of amides is 1. The molecule has 0 aromatic heterocycles. The second-order valence-corrected chi connectivity index (χ2v) is 12.4. The summed E-state index contributed by atoms with van der Waals surface area (Å²) in [6.07, 6.45) is 3.27. The summed E-state index contributed by atoms with van der Waals surface area (Å²) in [4.78, 5) is 28.9. The largest absolute Gasteiger partial charge is 0.606 e. The first kappa shape index (κ1) is 30.5. The number of nitrogens with zero attached hydrogens (tertiary/aromatic N) is 2. The molecule has 0 bridgehead atoms. The molecule has 0 aliphatic carbocycles. The zero-order chi connectivity index (χ0) is 30.3. The molecule has 43 heavy (non-hydrogen) atoms. The Bertz CT molecular complexity index is 1600. The van der Waals surface area contributed by atoms with Gasteiger partial charge in [-0.2, -0.15) is 0 Å². The normalized spacial score (nSPS) is 13.7. The number of carbonyl (C=O) groups excluding carboxylic acids is 1. The van der Waals surface area contributed by atoms with E-state index in [0.29, 0.717) is 25.5 Å². The van der Waals surface area contributed by atoms with Crippen molar-refractivity contribution in [2.45, 2.75) is 35.5 Å². The van der Waals surface area contributed by atoms with Crippen molar-refractivity contribution in [2.75, 3.05) is 30.1 Å². The minimum atomic E-state index is -1.52. The molecule has 1 unspecified atom stereocenters. The number of ether oxygens (including phenoxy) is 1. The summed E-state index contributed by atoms with van der Waals surface area (Å²) < 4.78 is 19.6. The molecule has 1 fully saturated rings. The highest BCUT2D eigenvalue weighted by Gasteiger charge is 2.28. The van der Waals surface area contributed by atoms with Gasteiger partial charge in [-0.25, -0.2) is 9.80 Å². The summed E-state index contributed by atoms with van der Waals surface area (Å²) in [5.41, 5.74) is 5.95. The van der Waals surface area contributed by atoms with Gasteiger partial charge in [-0.3, -0.25) is 10.2 Å². The Kier molecular flexibility index (Phi) is 9.91. The number of anilines is 3. The highest BCUT2D eigenvalue weighted by Crippen LogP contribution is 2.39. The molecule has 4 aromatic carbocycles. The number of methoxy groups -OCH3 is 1. The van der Waals surface area contributed by atoms with Crippen LogP contribution in [-0.2, 0) is 22.4 Å². The number of rotatable bonds is 10. The van der Waals surface area contributed by atoms with E-state index in [0.717, 1.165) is 37.3 Å². The van der Waals surface area contributed by atoms with E-state index < -0.39 is 17.1 Å². The maximum Gasteiger partial charge on any atom is 0.339 e. The van der Waals surface area contributed by atoms with Crippen LogP contribution in [0.4, 0.5) is 17.1 Å². The molecule has 1 heterocycles. The van der Waals surface area contributed by atoms with Crippen LogP contribution in [-0.4, -0.2) is 41.7 Å². The number of nitrogens with one attached hydrogen (secondary N) is 1. The molecule has 10 heteroatoms. The molecule has 2 N–H and O–H groups in total. The number of aromatic carboxylic acids is 1. The van der Waals surface area contributed by atoms with Crippen LogP contribution in [0, 0.1) is 0 Å². The molecule has 1 aliphatic heterocycles. The standard InChI is InChI=1S/C33H32BrN3O5S/c1-42-30-20-23(26(34)22-25(30)33(39)40)21-32(38)35-37(28-15-7-6-14-27(28)36-18-10-3-11-19-36)29-16-8-9-17-31(29)43(41)24-12-4-2-5-13-24/h2,4-9,12-17,20,22H,3,10-11,18-19,21H2,1H3,(H,35,38)(H,39,40). The summed E-state index contributed by atoms with van der Waals surface area (Å²) in [6, 6.07) is 27.5. The minimum absolute atomic E-state index is 0.00654. The van der Waals surface area contributed by atoms with Crippen molar-refractivity contribution in [2.24, 2.45) is 0 Å². The number of carboxylic acid groups (broad SMARTS) is 1. The average Bonchev–Trinajstić information content (AvgIpc) is 3.05. The van der Waals surface area contributed by atoms with E-state index in [1.54, 1.807) is 11.1 Å². The summed E-state index contributed by atoms with van der Waals surface area (Å²) in [5, 5.41) is 11.3. The van der Waals surface area contributed by atoms with Gasteiger partial charge >= 0.3 is 5.97 Å². The fourth-order valence-electron chi connectivity index (χ4n) is 5.18. The average molecular weight is 663 g/mol. The summed E-state index contributed by atoms with van der Waals surface area (Å²) in [6.45, 7) is 1.80. The number of halogens is 1. The highest BCUT2D eigenvalue weighted by atomic mass is 79.9. The summed E-state index contributed by atoms with van der Waals surface area (Å²) in [7, 11) is 1.39. The predicted octanol–water partition coefficient (Wildman–Crippen LogP) is 6.72. The van der Waals surface area contributed by atoms with Crippen molar-refractivity contribution < 1.29 is 24.0 Å². The Morgan fingerprint density at radius 1 is 0.953 bits per heavy atom. The number of hydrogen-bond donors (Lipinski definition) is 2. The summed E-state index contributed by atoms with van der Waals surface area (Å²) in [5.74, 6) is -1.31. The molecule has 0 spiro atoms. The Morgan fingerprint density at radius 2 is 1.60 bits per heavy atom. The van der Waals surface area contributed by atoms with Crippen molar-refractivity contribution in [3.63, 3.8) is 0 Å². The molecular weight excluding hydrogens is 630 g/mol. The van der Waals surface area contributed by atoms with Gasteiger partial charge in [0.2, 0.25) is 5.91 Å². The third-order valence-electron chi connectivity index (χ3n) is 7.27. The van der Waals surface area contributed by atoms with Gasteiger partial charge in [0, 0.05) is 28.7 Å². The Morgan fingerprint density at radius 3 is 2.30 bits per heavy atom. The molecule has 0 saturated carbocycles. The molecule has 5 rings (SSSR count). The third-order valence-corrected chi connectivity index (χ3v) is 9.45. The van der Waals surface area contributed by atoms with E-state index in [4.69, 9.17) is 4.74 Å². The number of para-hydroxylation sites is 3. The maximum absolute atomic E-state index is 13.9. The van der Waals surface area contributed by atoms with Gasteiger partial charge < -0.3 is 19.3 Å². The molecule has 1 atom stereocenters. The molecule has 0 radical (unpaired) electrons. The van der Waals surface area contributed by atoms with E-state index in [1.165, 1.54) is 19.6 Å². The van der Waals surface area contributed by atoms with Crippen LogP contribution in [0.15, 0.2) is 105 Å². The lowest BCUT2D eigenvalue weighted by molar-refractivity contribution is -0.120. The summed E-state index contributed by atoms with van der Waals surface area (Å²) >= 11 is 1.91. The van der Waals surface area contributed by atoms with E-state index in [1.807, 2.05) is 78.9 Å². The lowest BCUT2D eigenvalue weighted by Gasteiger charge is -2.35. The van der Waals surface area contributed by atoms with Crippen LogP contribution in [0.1, 0.15) is 35.2 Å². The zero-order valence-corrected chi connectivity index (χ0v) is 26.1. The lowest BCUT2D eigenvalue weighted by Crippen LogP contribution is -2.42. The quantitative estimate of drug-likeness (QED) is 0.143. The SMILES string of the molecule is COc1cc(CC(=O)NN(c2ccccc2N2CCCCC2)c2ccccc2[S+]([O-])c2ccccc2)c(Br)cc1C(=O)O. The van der Waals surface area contributed by atoms with Gasteiger partial charge in [-0.15, -0.1) is 0 Å².